The molecule has 1 N–H and O–H groups in total. The van der Waals surface area contributed by atoms with Crippen molar-refractivity contribution in [2.75, 3.05) is 0 Å². The van der Waals surface area contributed by atoms with Gasteiger partial charge in [-0.2, -0.15) is 5.10 Å². The molecular weight excluding hydrogens is 332 g/mol. The van der Waals surface area contributed by atoms with Gasteiger partial charge in [0.05, 0.1) is 23.4 Å². The molecule has 2 heterocycles. The van der Waals surface area contributed by atoms with Crippen LogP contribution in [0, 0.1) is 0 Å². The van der Waals surface area contributed by atoms with E-state index in [0.717, 1.165) is 23.0 Å². The molecule has 3 aromatic rings. The molecule has 0 amide bonds. The first kappa shape index (κ1) is 17.8. The Kier molecular flexibility index (Phi) is 5.01. The number of nitrogens with zero attached hydrogens (tertiary/aromatic N) is 4. The van der Waals surface area contributed by atoms with Gasteiger partial charge in [-0.25, -0.2) is 4.98 Å². The standard InChI is InChI=1S/C19H24N4OS/c1-5-14-6-8-15(9-7-14)25-17-12-20-18(22(17)4)16-10-11-23(21-16)13-19(2,3)24/h6-12,24H,5,13H2,1-4H3. The van der Waals surface area contributed by atoms with Gasteiger partial charge in [-0.3, -0.25) is 4.68 Å². The molecule has 0 radical (unpaired) electrons. The summed E-state index contributed by atoms with van der Waals surface area (Å²) in [6.07, 6.45) is 4.80. The second-order valence-corrected chi connectivity index (χ2v) is 7.88. The van der Waals surface area contributed by atoms with Crippen LogP contribution in [0.15, 0.2) is 52.6 Å². The van der Waals surface area contributed by atoms with Gasteiger partial charge in [-0.05, 0) is 44.0 Å². The Balaban J connectivity index is 1.78. The molecule has 0 aliphatic carbocycles. The quantitative estimate of drug-likeness (QED) is 0.730. The van der Waals surface area contributed by atoms with E-state index in [1.165, 1.54) is 10.5 Å². The maximum atomic E-state index is 9.93. The number of aryl methyl sites for hydroxylation is 1. The zero-order valence-electron chi connectivity index (χ0n) is 15.1. The third-order valence-corrected chi connectivity index (χ3v) is 5.01. The van der Waals surface area contributed by atoms with E-state index in [4.69, 9.17) is 0 Å². The van der Waals surface area contributed by atoms with Crippen LogP contribution in [0.25, 0.3) is 11.5 Å². The van der Waals surface area contributed by atoms with Crippen molar-refractivity contribution >= 4 is 11.8 Å². The molecule has 25 heavy (non-hydrogen) atoms. The number of rotatable bonds is 6. The monoisotopic (exact) mass is 356 g/mol. The summed E-state index contributed by atoms with van der Waals surface area (Å²) >= 11 is 1.69. The largest absolute Gasteiger partial charge is 0.389 e. The van der Waals surface area contributed by atoms with Gasteiger partial charge >= 0.3 is 0 Å². The summed E-state index contributed by atoms with van der Waals surface area (Å²) in [5, 5.41) is 15.5. The predicted octanol–water partition coefficient (Wildman–Crippen LogP) is 3.77. The topological polar surface area (TPSA) is 55.9 Å². The normalized spacial score (nSPS) is 11.9. The molecule has 0 aliphatic heterocycles. The zero-order valence-corrected chi connectivity index (χ0v) is 15.9. The number of imidazole rings is 1. The predicted molar refractivity (Wildman–Crippen MR) is 101 cm³/mol. The van der Waals surface area contributed by atoms with Gasteiger partial charge in [-0.15, -0.1) is 0 Å². The van der Waals surface area contributed by atoms with Crippen LogP contribution < -0.4 is 0 Å². The Labute approximate surface area is 152 Å². The molecule has 5 nitrogen and oxygen atoms in total. The first-order valence-corrected chi connectivity index (χ1v) is 9.22. The molecule has 6 heteroatoms. The van der Waals surface area contributed by atoms with Crippen LogP contribution in [0.4, 0.5) is 0 Å². The molecule has 0 spiro atoms. The summed E-state index contributed by atoms with van der Waals surface area (Å²) in [5.74, 6) is 0.821. The Morgan fingerprint density at radius 3 is 2.52 bits per heavy atom. The highest BCUT2D eigenvalue weighted by Crippen LogP contribution is 2.30. The highest BCUT2D eigenvalue weighted by molar-refractivity contribution is 7.99. The zero-order chi connectivity index (χ0) is 18.0. The molecule has 0 unspecified atom stereocenters. The summed E-state index contributed by atoms with van der Waals surface area (Å²) in [7, 11) is 2.00. The number of hydrogen-bond acceptors (Lipinski definition) is 4. The summed E-state index contributed by atoms with van der Waals surface area (Å²) < 4.78 is 3.80. The second kappa shape index (κ2) is 7.06. The van der Waals surface area contributed by atoms with Crippen molar-refractivity contribution in [2.45, 2.75) is 49.3 Å². The van der Waals surface area contributed by atoms with E-state index in [1.54, 1.807) is 30.3 Å². The third-order valence-electron chi connectivity index (χ3n) is 3.92. The number of aliphatic hydroxyl groups is 1. The van der Waals surface area contributed by atoms with Gasteiger partial charge in [0.15, 0.2) is 5.82 Å². The second-order valence-electron chi connectivity index (χ2n) is 6.79. The molecule has 0 atom stereocenters. The highest BCUT2D eigenvalue weighted by atomic mass is 32.2. The van der Waals surface area contributed by atoms with Crippen molar-refractivity contribution in [1.29, 1.82) is 0 Å². The Morgan fingerprint density at radius 1 is 1.16 bits per heavy atom. The van der Waals surface area contributed by atoms with Gasteiger partial charge in [0.1, 0.15) is 5.69 Å². The summed E-state index contributed by atoms with van der Waals surface area (Å²) in [5.41, 5.74) is 1.35. The molecule has 0 bridgehead atoms. The lowest BCUT2D eigenvalue weighted by Crippen LogP contribution is -2.26. The van der Waals surface area contributed by atoms with Crippen molar-refractivity contribution in [3.8, 4) is 11.5 Å². The number of hydrogen-bond donors (Lipinski definition) is 1. The van der Waals surface area contributed by atoms with E-state index in [0.29, 0.717) is 6.54 Å². The van der Waals surface area contributed by atoms with Crippen LogP contribution in [-0.4, -0.2) is 30.0 Å². The fraction of sp³-hybridized carbons (Fsp3) is 0.368. The van der Waals surface area contributed by atoms with Crippen molar-refractivity contribution in [1.82, 2.24) is 19.3 Å². The maximum Gasteiger partial charge on any atom is 0.161 e. The van der Waals surface area contributed by atoms with E-state index in [-0.39, 0.29) is 0 Å². The summed E-state index contributed by atoms with van der Waals surface area (Å²) in [6.45, 7) is 6.15. The first-order chi connectivity index (χ1) is 11.9. The SMILES string of the molecule is CCc1ccc(Sc2cnc(-c3ccn(CC(C)(C)O)n3)n2C)cc1. The molecular formula is C19H24N4OS. The summed E-state index contributed by atoms with van der Waals surface area (Å²) in [4.78, 5) is 5.72. The van der Waals surface area contributed by atoms with E-state index in [9.17, 15) is 5.11 Å². The minimum Gasteiger partial charge on any atom is -0.389 e. The smallest absolute Gasteiger partial charge is 0.161 e. The third kappa shape index (κ3) is 4.32. The van der Waals surface area contributed by atoms with Gasteiger partial charge in [-0.1, -0.05) is 30.8 Å². The molecule has 132 valence electrons. The van der Waals surface area contributed by atoms with Crippen LogP contribution in [0.5, 0.6) is 0 Å². The van der Waals surface area contributed by atoms with E-state index < -0.39 is 5.60 Å². The van der Waals surface area contributed by atoms with Crippen molar-refractivity contribution in [3.05, 3.63) is 48.3 Å². The van der Waals surface area contributed by atoms with Gasteiger partial charge in [0.2, 0.25) is 0 Å². The van der Waals surface area contributed by atoms with Crippen LogP contribution in [0.1, 0.15) is 26.3 Å². The lowest BCUT2D eigenvalue weighted by atomic mass is 10.1. The van der Waals surface area contributed by atoms with Crippen LogP contribution in [-0.2, 0) is 20.0 Å². The molecule has 1 aromatic carbocycles. The number of aromatic nitrogens is 4. The fourth-order valence-corrected chi connectivity index (χ4v) is 3.45. The fourth-order valence-electron chi connectivity index (χ4n) is 2.61. The molecule has 0 fully saturated rings. The molecule has 0 aliphatic rings. The molecule has 0 saturated heterocycles. The van der Waals surface area contributed by atoms with E-state index >= 15 is 0 Å². The first-order valence-electron chi connectivity index (χ1n) is 8.40. The van der Waals surface area contributed by atoms with Gasteiger partial charge in [0.25, 0.3) is 0 Å². The highest BCUT2D eigenvalue weighted by Gasteiger charge is 2.16. The van der Waals surface area contributed by atoms with Crippen LogP contribution in [0.2, 0.25) is 0 Å². The Morgan fingerprint density at radius 2 is 1.88 bits per heavy atom. The van der Waals surface area contributed by atoms with Crippen molar-refractivity contribution in [3.63, 3.8) is 0 Å². The minimum atomic E-state index is -0.795. The van der Waals surface area contributed by atoms with Gasteiger partial charge < -0.3 is 9.67 Å². The lowest BCUT2D eigenvalue weighted by Gasteiger charge is -2.16. The average molecular weight is 356 g/mol. The molecule has 3 rings (SSSR count). The summed E-state index contributed by atoms with van der Waals surface area (Å²) in [6, 6.07) is 10.6. The lowest BCUT2D eigenvalue weighted by molar-refractivity contribution is 0.0578. The van der Waals surface area contributed by atoms with Crippen LogP contribution in [0.3, 0.4) is 0 Å². The van der Waals surface area contributed by atoms with Crippen molar-refractivity contribution < 1.29 is 5.11 Å². The van der Waals surface area contributed by atoms with E-state index in [2.05, 4.69) is 45.8 Å². The van der Waals surface area contributed by atoms with Crippen molar-refractivity contribution in [2.24, 2.45) is 7.05 Å². The maximum absolute atomic E-state index is 9.93. The number of benzene rings is 1. The molecule has 2 aromatic heterocycles. The minimum absolute atomic E-state index is 0.447. The van der Waals surface area contributed by atoms with Crippen LogP contribution >= 0.6 is 11.8 Å². The van der Waals surface area contributed by atoms with Gasteiger partial charge in [0, 0.05) is 18.1 Å². The Bertz CT molecular complexity index is 843. The van der Waals surface area contributed by atoms with E-state index in [1.807, 2.05) is 25.5 Å². The molecule has 0 saturated carbocycles. The average Bonchev–Trinajstić information content (AvgIpc) is 3.14. The Hall–Kier alpha value is -2.05.